The Hall–Kier alpha value is -2.11. The molecule has 2 rings (SSSR count). The third-order valence-electron chi connectivity index (χ3n) is 5.09. The normalized spacial score (nSPS) is 16.5. The standard InChI is InChI=1S/C20H31N3O3/c1-15(2)7-6-8-16(3)21-20(24)17-11-13-22(14-12-17)18-9-4-5-10-19(18)23(25)26/h4-5,9-10,15-17H,6-8,11-14H2,1-3H3,(H,21,24). The summed E-state index contributed by atoms with van der Waals surface area (Å²) in [4.78, 5) is 25.4. The number of nitrogens with zero attached hydrogens (tertiary/aromatic N) is 2. The first-order valence-corrected chi connectivity index (χ1v) is 9.67. The van der Waals surface area contributed by atoms with Crippen molar-refractivity contribution in [2.45, 2.75) is 58.9 Å². The van der Waals surface area contributed by atoms with E-state index in [-0.39, 0.29) is 28.5 Å². The van der Waals surface area contributed by atoms with Gasteiger partial charge in [-0.25, -0.2) is 0 Å². The van der Waals surface area contributed by atoms with Crippen LogP contribution in [-0.4, -0.2) is 30.0 Å². The van der Waals surface area contributed by atoms with Crippen molar-refractivity contribution < 1.29 is 9.72 Å². The summed E-state index contributed by atoms with van der Waals surface area (Å²) < 4.78 is 0. The summed E-state index contributed by atoms with van der Waals surface area (Å²) in [6.07, 6.45) is 4.80. The van der Waals surface area contributed by atoms with Gasteiger partial charge in [-0.3, -0.25) is 14.9 Å². The van der Waals surface area contributed by atoms with Crippen LogP contribution in [0.1, 0.15) is 52.9 Å². The lowest BCUT2D eigenvalue weighted by atomic mass is 9.94. The van der Waals surface area contributed by atoms with Crippen LogP contribution in [0, 0.1) is 22.0 Å². The molecule has 0 aliphatic carbocycles. The Bertz CT molecular complexity index is 610. The summed E-state index contributed by atoms with van der Waals surface area (Å²) >= 11 is 0. The van der Waals surface area contributed by atoms with Gasteiger partial charge in [-0.15, -0.1) is 0 Å². The summed E-state index contributed by atoms with van der Waals surface area (Å²) in [5.74, 6) is 0.829. The zero-order valence-electron chi connectivity index (χ0n) is 16.1. The highest BCUT2D eigenvalue weighted by Gasteiger charge is 2.28. The molecular formula is C20H31N3O3. The van der Waals surface area contributed by atoms with E-state index >= 15 is 0 Å². The van der Waals surface area contributed by atoms with Crippen LogP contribution in [0.4, 0.5) is 11.4 Å². The smallest absolute Gasteiger partial charge is 0.292 e. The Morgan fingerprint density at radius 1 is 1.23 bits per heavy atom. The molecule has 1 heterocycles. The molecule has 1 atom stereocenters. The Kier molecular flexibility index (Phi) is 7.42. The Balaban J connectivity index is 1.83. The van der Waals surface area contributed by atoms with E-state index in [0.29, 0.717) is 24.7 Å². The predicted molar refractivity (Wildman–Crippen MR) is 104 cm³/mol. The second kappa shape index (κ2) is 9.55. The van der Waals surface area contributed by atoms with Gasteiger partial charge < -0.3 is 10.2 Å². The van der Waals surface area contributed by atoms with Gasteiger partial charge in [0, 0.05) is 31.1 Å². The molecule has 1 N–H and O–H groups in total. The van der Waals surface area contributed by atoms with Crippen LogP contribution >= 0.6 is 0 Å². The molecule has 1 aliphatic heterocycles. The molecule has 1 fully saturated rings. The van der Waals surface area contributed by atoms with E-state index in [0.717, 1.165) is 25.7 Å². The highest BCUT2D eigenvalue weighted by molar-refractivity contribution is 5.79. The fourth-order valence-electron chi connectivity index (χ4n) is 3.53. The van der Waals surface area contributed by atoms with E-state index in [4.69, 9.17) is 0 Å². The van der Waals surface area contributed by atoms with E-state index in [9.17, 15) is 14.9 Å². The van der Waals surface area contributed by atoms with Crippen LogP contribution in [0.15, 0.2) is 24.3 Å². The Morgan fingerprint density at radius 3 is 2.50 bits per heavy atom. The third kappa shape index (κ3) is 5.71. The van der Waals surface area contributed by atoms with Crippen LogP contribution < -0.4 is 10.2 Å². The highest BCUT2D eigenvalue weighted by atomic mass is 16.6. The zero-order valence-corrected chi connectivity index (χ0v) is 16.1. The lowest BCUT2D eigenvalue weighted by molar-refractivity contribution is -0.384. The second-order valence-electron chi connectivity index (χ2n) is 7.74. The fourth-order valence-corrected chi connectivity index (χ4v) is 3.53. The van der Waals surface area contributed by atoms with Gasteiger partial charge >= 0.3 is 0 Å². The number of nitro benzene ring substituents is 1. The maximum atomic E-state index is 12.5. The van der Waals surface area contributed by atoms with Crippen LogP contribution in [0.5, 0.6) is 0 Å². The molecular weight excluding hydrogens is 330 g/mol. The van der Waals surface area contributed by atoms with Gasteiger partial charge in [0.2, 0.25) is 5.91 Å². The summed E-state index contributed by atoms with van der Waals surface area (Å²) in [5.41, 5.74) is 0.785. The van der Waals surface area contributed by atoms with Crippen molar-refractivity contribution in [3.63, 3.8) is 0 Å². The number of carbonyl (C=O) groups excluding carboxylic acids is 1. The molecule has 6 nitrogen and oxygen atoms in total. The fraction of sp³-hybridized carbons (Fsp3) is 0.650. The Morgan fingerprint density at radius 2 is 1.88 bits per heavy atom. The summed E-state index contributed by atoms with van der Waals surface area (Å²) in [5, 5.41) is 14.3. The lowest BCUT2D eigenvalue weighted by Gasteiger charge is -2.33. The number of piperidine rings is 1. The molecule has 0 bridgehead atoms. The molecule has 0 saturated carbocycles. The number of para-hydroxylation sites is 2. The molecule has 1 unspecified atom stereocenters. The number of benzene rings is 1. The van der Waals surface area contributed by atoms with Crippen molar-refractivity contribution in [3.05, 3.63) is 34.4 Å². The Labute approximate surface area is 156 Å². The zero-order chi connectivity index (χ0) is 19.1. The molecule has 6 heteroatoms. The molecule has 144 valence electrons. The SMILES string of the molecule is CC(C)CCCC(C)NC(=O)C1CCN(c2ccccc2[N+](=O)[O-])CC1. The average Bonchev–Trinajstić information content (AvgIpc) is 2.61. The van der Waals surface area contributed by atoms with E-state index in [1.807, 2.05) is 11.0 Å². The number of hydrogen-bond acceptors (Lipinski definition) is 4. The van der Waals surface area contributed by atoms with Crippen molar-refractivity contribution >= 4 is 17.3 Å². The summed E-state index contributed by atoms with van der Waals surface area (Å²) in [6.45, 7) is 7.85. The minimum atomic E-state index is -0.340. The lowest BCUT2D eigenvalue weighted by Crippen LogP contribution is -2.43. The number of carbonyl (C=O) groups is 1. The summed E-state index contributed by atoms with van der Waals surface area (Å²) in [7, 11) is 0. The number of rotatable bonds is 8. The minimum absolute atomic E-state index is 0.00145. The van der Waals surface area contributed by atoms with Crippen LogP contribution in [0.3, 0.4) is 0 Å². The number of nitro groups is 1. The first-order valence-electron chi connectivity index (χ1n) is 9.67. The average molecular weight is 361 g/mol. The monoisotopic (exact) mass is 361 g/mol. The molecule has 1 saturated heterocycles. The minimum Gasteiger partial charge on any atom is -0.366 e. The van der Waals surface area contributed by atoms with Crippen LogP contribution in [0.25, 0.3) is 0 Å². The van der Waals surface area contributed by atoms with Gasteiger partial charge in [0.25, 0.3) is 5.69 Å². The molecule has 1 amide bonds. The molecule has 0 radical (unpaired) electrons. The molecule has 1 aliphatic rings. The third-order valence-corrected chi connectivity index (χ3v) is 5.09. The first kappa shape index (κ1) is 20.2. The van der Waals surface area contributed by atoms with Crippen molar-refractivity contribution in [2.24, 2.45) is 11.8 Å². The number of amides is 1. The topological polar surface area (TPSA) is 75.5 Å². The quantitative estimate of drug-likeness (QED) is 0.558. The molecule has 0 aromatic heterocycles. The van der Waals surface area contributed by atoms with E-state index in [1.165, 1.54) is 12.5 Å². The van der Waals surface area contributed by atoms with Gasteiger partial charge in [-0.05, 0) is 38.2 Å². The van der Waals surface area contributed by atoms with Gasteiger partial charge in [0.15, 0.2) is 0 Å². The van der Waals surface area contributed by atoms with Gasteiger partial charge in [-0.1, -0.05) is 38.8 Å². The number of hydrogen-bond donors (Lipinski definition) is 1. The predicted octanol–water partition coefficient (Wildman–Crippen LogP) is 4.14. The van der Waals surface area contributed by atoms with Crippen LogP contribution in [-0.2, 0) is 4.79 Å². The first-order chi connectivity index (χ1) is 12.4. The molecule has 1 aromatic rings. The van der Waals surface area contributed by atoms with Crippen molar-refractivity contribution in [1.29, 1.82) is 0 Å². The van der Waals surface area contributed by atoms with Crippen LogP contribution in [0.2, 0.25) is 0 Å². The van der Waals surface area contributed by atoms with Crippen molar-refractivity contribution in [3.8, 4) is 0 Å². The number of nitrogens with one attached hydrogen (secondary N) is 1. The largest absolute Gasteiger partial charge is 0.366 e. The van der Waals surface area contributed by atoms with Crippen molar-refractivity contribution in [2.75, 3.05) is 18.0 Å². The molecule has 1 aromatic carbocycles. The highest BCUT2D eigenvalue weighted by Crippen LogP contribution is 2.31. The molecule has 26 heavy (non-hydrogen) atoms. The maximum Gasteiger partial charge on any atom is 0.292 e. The number of anilines is 1. The second-order valence-corrected chi connectivity index (χ2v) is 7.74. The molecule has 0 spiro atoms. The van der Waals surface area contributed by atoms with Gasteiger partial charge in [0.1, 0.15) is 5.69 Å². The van der Waals surface area contributed by atoms with Gasteiger partial charge in [0.05, 0.1) is 4.92 Å². The van der Waals surface area contributed by atoms with E-state index in [2.05, 4.69) is 26.1 Å². The maximum absolute atomic E-state index is 12.5. The van der Waals surface area contributed by atoms with E-state index in [1.54, 1.807) is 12.1 Å². The van der Waals surface area contributed by atoms with E-state index < -0.39 is 0 Å². The summed E-state index contributed by atoms with van der Waals surface area (Å²) in [6, 6.07) is 7.03. The van der Waals surface area contributed by atoms with Crippen molar-refractivity contribution in [1.82, 2.24) is 5.32 Å². The van der Waals surface area contributed by atoms with Gasteiger partial charge in [-0.2, -0.15) is 0 Å².